The lowest BCUT2D eigenvalue weighted by molar-refractivity contribution is -0.138. The van der Waals surface area contributed by atoms with Crippen LogP contribution in [0.2, 0.25) is 0 Å². The van der Waals surface area contributed by atoms with E-state index in [1.54, 1.807) is 4.57 Å². The molecule has 0 aliphatic heterocycles. The van der Waals surface area contributed by atoms with Crippen molar-refractivity contribution in [3.05, 3.63) is 53.4 Å². The molecule has 0 bridgehead atoms. The number of hydrogen-bond donors (Lipinski definition) is 1. The molecule has 5 heteroatoms. The molecule has 4 nitrogen and oxygen atoms in total. The predicted molar refractivity (Wildman–Crippen MR) is 70.9 cm³/mol. The number of carbonyl (C=O) groups is 1. The normalized spacial score (nSPS) is 20.9. The number of imidazole rings is 1. The zero-order chi connectivity index (χ0) is 14.3. The molecule has 1 aromatic carbocycles. The number of hydrogen-bond acceptors (Lipinski definition) is 2. The van der Waals surface area contributed by atoms with Crippen LogP contribution in [0.25, 0.3) is 0 Å². The van der Waals surface area contributed by atoms with E-state index in [4.69, 9.17) is 5.11 Å². The fourth-order valence-electron chi connectivity index (χ4n) is 2.58. The summed E-state index contributed by atoms with van der Waals surface area (Å²) < 4.78 is 14.5. The number of carboxylic acids is 1. The maximum absolute atomic E-state index is 12.8. The minimum absolute atomic E-state index is 0.144. The topological polar surface area (TPSA) is 55.1 Å². The first-order valence-electron chi connectivity index (χ1n) is 6.54. The number of benzene rings is 1. The molecule has 1 heterocycles. The second-order valence-electron chi connectivity index (χ2n) is 5.34. The third-order valence-corrected chi connectivity index (χ3v) is 3.86. The van der Waals surface area contributed by atoms with Gasteiger partial charge in [0.2, 0.25) is 5.95 Å². The molecule has 20 heavy (non-hydrogen) atoms. The van der Waals surface area contributed by atoms with Gasteiger partial charge in [-0.1, -0.05) is 18.2 Å². The molecule has 1 aromatic heterocycles. The zero-order valence-corrected chi connectivity index (χ0v) is 11.1. The monoisotopic (exact) mass is 274 g/mol. The third-order valence-electron chi connectivity index (χ3n) is 3.86. The molecule has 2 atom stereocenters. The second-order valence-corrected chi connectivity index (χ2v) is 5.34. The Bertz CT molecular complexity index is 666. The van der Waals surface area contributed by atoms with Gasteiger partial charge in [-0.25, -0.2) is 4.98 Å². The van der Waals surface area contributed by atoms with Gasteiger partial charge in [0.05, 0.1) is 18.4 Å². The first-order valence-corrected chi connectivity index (χ1v) is 6.54. The highest BCUT2D eigenvalue weighted by Gasteiger charge is 2.44. The standard InChI is InChI=1S/C15H15FN2O2/c1-9-4-10(12-5-13(12)15(19)20)2-3-11(9)6-18-7-14(16)17-8-18/h2-4,7-8,12-13H,5-6H2,1H3,(H,19,20)/t12-,13+/m1/s1. The summed E-state index contributed by atoms with van der Waals surface area (Å²) in [5.74, 6) is -1.29. The van der Waals surface area contributed by atoms with E-state index in [9.17, 15) is 9.18 Å². The van der Waals surface area contributed by atoms with Crippen molar-refractivity contribution in [2.75, 3.05) is 0 Å². The Hall–Kier alpha value is -2.17. The number of aryl methyl sites for hydroxylation is 1. The lowest BCUT2D eigenvalue weighted by Gasteiger charge is -2.09. The lowest BCUT2D eigenvalue weighted by Crippen LogP contribution is -2.01. The number of nitrogens with zero attached hydrogens (tertiary/aromatic N) is 2. The Labute approximate surface area is 115 Å². The van der Waals surface area contributed by atoms with Gasteiger partial charge in [0, 0.05) is 6.54 Å². The Morgan fingerprint density at radius 3 is 2.90 bits per heavy atom. The van der Waals surface area contributed by atoms with E-state index in [1.165, 1.54) is 12.5 Å². The fourth-order valence-corrected chi connectivity index (χ4v) is 2.58. The Kier molecular flexibility index (Phi) is 3.04. The van der Waals surface area contributed by atoms with E-state index < -0.39 is 11.9 Å². The predicted octanol–water partition coefficient (Wildman–Crippen LogP) is 2.57. The molecule has 0 unspecified atom stereocenters. The average molecular weight is 274 g/mol. The summed E-state index contributed by atoms with van der Waals surface area (Å²) in [6, 6.07) is 6.00. The van der Waals surface area contributed by atoms with Crippen LogP contribution in [0, 0.1) is 18.8 Å². The Morgan fingerprint density at radius 1 is 1.55 bits per heavy atom. The minimum atomic E-state index is -0.717. The summed E-state index contributed by atoms with van der Waals surface area (Å²) in [4.78, 5) is 14.5. The molecule has 0 spiro atoms. The summed E-state index contributed by atoms with van der Waals surface area (Å²) in [6.45, 7) is 2.56. The molecule has 0 saturated heterocycles. The van der Waals surface area contributed by atoms with Crippen LogP contribution in [0.15, 0.2) is 30.7 Å². The SMILES string of the molecule is Cc1cc([C@H]2C[C@@H]2C(=O)O)ccc1Cn1cnc(F)c1. The largest absolute Gasteiger partial charge is 0.481 e. The van der Waals surface area contributed by atoms with Crippen molar-refractivity contribution in [1.29, 1.82) is 0 Å². The van der Waals surface area contributed by atoms with Crippen LogP contribution < -0.4 is 0 Å². The van der Waals surface area contributed by atoms with Gasteiger partial charge in [-0.05, 0) is 36.0 Å². The van der Waals surface area contributed by atoms with E-state index in [2.05, 4.69) is 4.98 Å². The number of rotatable bonds is 4. The van der Waals surface area contributed by atoms with Crippen LogP contribution in [-0.4, -0.2) is 20.6 Å². The summed E-state index contributed by atoms with van der Waals surface area (Å²) in [7, 11) is 0. The van der Waals surface area contributed by atoms with Crippen LogP contribution >= 0.6 is 0 Å². The van der Waals surface area contributed by atoms with Crippen molar-refractivity contribution < 1.29 is 14.3 Å². The number of carboxylic acid groups (broad SMARTS) is 1. The average Bonchev–Trinajstić information content (AvgIpc) is 3.10. The molecule has 1 saturated carbocycles. The lowest BCUT2D eigenvalue weighted by atomic mass is 10.0. The Morgan fingerprint density at radius 2 is 2.35 bits per heavy atom. The third kappa shape index (κ3) is 2.43. The summed E-state index contributed by atoms with van der Waals surface area (Å²) in [6.07, 6.45) is 3.54. The number of aromatic nitrogens is 2. The smallest absolute Gasteiger partial charge is 0.307 e. The highest BCUT2D eigenvalue weighted by Crippen LogP contribution is 2.47. The molecule has 2 aromatic rings. The molecule has 1 fully saturated rings. The number of aliphatic carboxylic acids is 1. The van der Waals surface area contributed by atoms with E-state index in [0.717, 1.165) is 23.1 Å². The first-order chi connectivity index (χ1) is 9.54. The molecule has 1 aliphatic rings. The molecule has 104 valence electrons. The van der Waals surface area contributed by atoms with E-state index in [0.29, 0.717) is 6.54 Å². The van der Waals surface area contributed by atoms with Crippen LogP contribution in [-0.2, 0) is 11.3 Å². The van der Waals surface area contributed by atoms with E-state index in [1.807, 2.05) is 25.1 Å². The van der Waals surface area contributed by atoms with E-state index >= 15 is 0 Å². The van der Waals surface area contributed by atoms with Crippen molar-refractivity contribution in [2.24, 2.45) is 5.92 Å². The highest BCUT2D eigenvalue weighted by atomic mass is 19.1. The molecule has 3 rings (SSSR count). The molecular formula is C15H15FN2O2. The maximum atomic E-state index is 12.8. The van der Waals surface area contributed by atoms with Crippen molar-refractivity contribution >= 4 is 5.97 Å². The molecular weight excluding hydrogens is 259 g/mol. The van der Waals surface area contributed by atoms with Gasteiger partial charge < -0.3 is 9.67 Å². The van der Waals surface area contributed by atoms with Gasteiger partial charge in [-0.2, -0.15) is 4.39 Å². The molecule has 0 amide bonds. The minimum Gasteiger partial charge on any atom is -0.481 e. The summed E-state index contributed by atoms with van der Waals surface area (Å²) in [5.41, 5.74) is 3.25. The highest BCUT2D eigenvalue weighted by molar-refractivity contribution is 5.75. The van der Waals surface area contributed by atoms with Gasteiger partial charge in [0.1, 0.15) is 0 Å². The number of halogens is 1. The summed E-state index contributed by atoms with van der Waals surface area (Å²) in [5, 5.41) is 8.96. The molecule has 1 aliphatic carbocycles. The fraction of sp³-hybridized carbons (Fsp3) is 0.333. The van der Waals surface area contributed by atoms with Crippen molar-refractivity contribution in [3.8, 4) is 0 Å². The van der Waals surface area contributed by atoms with Gasteiger partial charge in [-0.3, -0.25) is 4.79 Å². The Balaban J connectivity index is 1.76. The quantitative estimate of drug-likeness (QED) is 0.932. The van der Waals surface area contributed by atoms with Crippen molar-refractivity contribution in [3.63, 3.8) is 0 Å². The van der Waals surface area contributed by atoms with Crippen LogP contribution in [0.4, 0.5) is 4.39 Å². The van der Waals surface area contributed by atoms with Crippen molar-refractivity contribution in [1.82, 2.24) is 9.55 Å². The first kappa shape index (κ1) is 12.8. The summed E-state index contributed by atoms with van der Waals surface area (Å²) >= 11 is 0. The van der Waals surface area contributed by atoms with Gasteiger partial charge in [0.25, 0.3) is 0 Å². The van der Waals surface area contributed by atoms with E-state index in [-0.39, 0.29) is 11.8 Å². The molecule has 1 N–H and O–H groups in total. The van der Waals surface area contributed by atoms with Crippen LogP contribution in [0.3, 0.4) is 0 Å². The van der Waals surface area contributed by atoms with Crippen LogP contribution in [0.5, 0.6) is 0 Å². The van der Waals surface area contributed by atoms with Gasteiger partial charge in [0.15, 0.2) is 0 Å². The van der Waals surface area contributed by atoms with Crippen molar-refractivity contribution in [2.45, 2.75) is 25.8 Å². The van der Waals surface area contributed by atoms with Crippen LogP contribution in [0.1, 0.15) is 29.0 Å². The van der Waals surface area contributed by atoms with Gasteiger partial charge >= 0.3 is 5.97 Å². The van der Waals surface area contributed by atoms with Gasteiger partial charge in [-0.15, -0.1) is 0 Å². The molecule has 0 radical (unpaired) electrons. The zero-order valence-electron chi connectivity index (χ0n) is 11.1. The second kappa shape index (κ2) is 4.74. The maximum Gasteiger partial charge on any atom is 0.307 e.